The van der Waals surface area contributed by atoms with E-state index in [1.807, 2.05) is 0 Å². The second-order valence-electron chi connectivity index (χ2n) is 4.91. The fraction of sp³-hybridized carbons (Fsp3) is 0.769. The highest BCUT2D eigenvalue weighted by Gasteiger charge is 2.24. The number of primary amides is 1. The van der Waals surface area contributed by atoms with Gasteiger partial charge in [0, 0.05) is 19.6 Å². The zero-order valence-electron chi connectivity index (χ0n) is 11.9. The Bertz CT molecular complexity index is 352. The summed E-state index contributed by atoms with van der Waals surface area (Å²) in [6.45, 7) is 3.14. The molecule has 7 nitrogen and oxygen atoms in total. The van der Waals surface area contributed by atoms with Gasteiger partial charge in [0.05, 0.1) is 6.42 Å². The van der Waals surface area contributed by atoms with Gasteiger partial charge in [-0.05, 0) is 19.8 Å². The first-order chi connectivity index (χ1) is 9.50. The first-order valence-corrected chi connectivity index (χ1v) is 7.02. The van der Waals surface area contributed by atoms with E-state index in [4.69, 9.17) is 10.5 Å². The Morgan fingerprint density at radius 2 is 1.80 bits per heavy atom. The molecule has 0 aliphatic carbocycles. The van der Waals surface area contributed by atoms with Gasteiger partial charge in [0.15, 0.2) is 6.10 Å². The normalized spacial score (nSPS) is 16.9. The molecular formula is C13H23N3O4. The zero-order valence-corrected chi connectivity index (χ0v) is 11.9. The number of nitrogens with zero attached hydrogens (tertiary/aromatic N) is 1. The van der Waals surface area contributed by atoms with Gasteiger partial charge in [-0.15, -0.1) is 0 Å². The molecule has 1 rings (SSSR count). The predicted octanol–water partition coefficient (Wildman–Crippen LogP) is 0.379. The maximum Gasteiger partial charge on any atom is 0.312 e. The van der Waals surface area contributed by atoms with Gasteiger partial charge >= 0.3 is 12.0 Å². The summed E-state index contributed by atoms with van der Waals surface area (Å²) in [7, 11) is 0. The lowest BCUT2D eigenvalue weighted by molar-refractivity contribution is -0.159. The van der Waals surface area contributed by atoms with Crippen molar-refractivity contribution in [3.63, 3.8) is 0 Å². The van der Waals surface area contributed by atoms with Crippen molar-refractivity contribution in [1.29, 1.82) is 0 Å². The van der Waals surface area contributed by atoms with E-state index in [0.29, 0.717) is 0 Å². The highest BCUT2D eigenvalue weighted by molar-refractivity contribution is 5.83. The Balaban J connectivity index is 2.32. The molecule has 7 heteroatoms. The van der Waals surface area contributed by atoms with Crippen molar-refractivity contribution >= 4 is 17.9 Å². The van der Waals surface area contributed by atoms with Gasteiger partial charge in [0.1, 0.15) is 0 Å². The number of hydrogen-bond acceptors (Lipinski definition) is 4. The molecular weight excluding hydrogens is 262 g/mol. The molecule has 0 bridgehead atoms. The SMILES string of the molecule is C[C@@H](OC(=O)CCNC(N)=O)C(=O)N1CCCCCC1. The van der Waals surface area contributed by atoms with Crippen LogP contribution in [0.1, 0.15) is 39.0 Å². The van der Waals surface area contributed by atoms with Crippen molar-refractivity contribution in [2.24, 2.45) is 5.73 Å². The number of nitrogens with two attached hydrogens (primary N) is 1. The summed E-state index contributed by atoms with van der Waals surface area (Å²) in [5.41, 5.74) is 4.88. The van der Waals surface area contributed by atoms with Crippen LogP contribution in [0, 0.1) is 0 Å². The Morgan fingerprint density at radius 1 is 1.20 bits per heavy atom. The van der Waals surface area contributed by atoms with Crippen molar-refractivity contribution in [1.82, 2.24) is 10.2 Å². The van der Waals surface area contributed by atoms with E-state index in [0.717, 1.165) is 38.8 Å². The van der Waals surface area contributed by atoms with Crippen LogP contribution < -0.4 is 11.1 Å². The summed E-state index contributed by atoms with van der Waals surface area (Å²) in [6, 6.07) is -0.688. The van der Waals surface area contributed by atoms with Crippen LogP contribution >= 0.6 is 0 Å². The van der Waals surface area contributed by atoms with E-state index in [2.05, 4.69) is 5.32 Å². The number of urea groups is 1. The Hall–Kier alpha value is -1.79. The average Bonchev–Trinajstić information content (AvgIpc) is 2.66. The van der Waals surface area contributed by atoms with Crippen molar-refractivity contribution in [2.75, 3.05) is 19.6 Å². The number of rotatable bonds is 5. The van der Waals surface area contributed by atoms with Gasteiger partial charge in [0.2, 0.25) is 0 Å². The standard InChI is InChI=1S/C13H23N3O4/c1-10(20-11(17)6-7-15-13(14)19)12(18)16-8-4-2-3-5-9-16/h10H,2-9H2,1H3,(H3,14,15,19)/t10-/m1/s1. The summed E-state index contributed by atoms with van der Waals surface area (Å²) in [5.74, 6) is -0.669. The monoisotopic (exact) mass is 285 g/mol. The third-order valence-electron chi connectivity index (χ3n) is 3.20. The van der Waals surface area contributed by atoms with E-state index in [-0.39, 0.29) is 18.9 Å². The number of carbonyl (C=O) groups excluding carboxylic acids is 3. The number of nitrogens with one attached hydrogen (secondary N) is 1. The van der Waals surface area contributed by atoms with Crippen LogP contribution in [0.25, 0.3) is 0 Å². The summed E-state index contributed by atoms with van der Waals surface area (Å²) in [4.78, 5) is 35.8. The van der Waals surface area contributed by atoms with E-state index in [9.17, 15) is 14.4 Å². The minimum atomic E-state index is -0.783. The Kier molecular flexibility index (Phi) is 6.83. The van der Waals surface area contributed by atoms with Crippen molar-refractivity contribution < 1.29 is 19.1 Å². The predicted molar refractivity (Wildman–Crippen MR) is 72.8 cm³/mol. The summed E-state index contributed by atoms with van der Waals surface area (Å²) >= 11 is 0. The van der Waals surface area contributed by atoms with Crippen LogP contribution in [0.4, 0.5) is 4.79 Å². The Labute approximate surface area is 118 Å². The second kappa shape index (κ2) is 8.39. The van der Waals surface area contributed by atoms with Crippen LogP contribution in [0.15, 0.2) is 0 Å². The minimum absolute atomic E-state index is 0.000556. The third kappa shape index (κ3) is 5.90. The summed E-state index contributed by atoms with van der Waals surface area (Å²) in [6.07, 6.45) is 3.48. The lowest BCUT2D eigenvalue weighted by Crippen LogP contribution is -2.40. The molecule has 3 amide bonds. The fourth-order valence-electron chi connectivity index (χ4n) is 2.14. The molecule has 0 saturated carbocycles. The van der Waals surface area contributed by atoms with Crippen LogP contribution in [0.2, 0.25) is 0 Å². The summed E-state index contributed by atoms with van der Waals surface area (Å²) < 4.78 is 5.07. The van der Waals surface area contributed by atoms with E-state index in [1.54, 1.807) is 11.8 Å². The molecule has 1 aliphatic heterocycles. The average molecular weight is 285 g/mol. The second-order valence-corrected chi connectivity index (χ2v) is 4.91. The number of amides is 3. The molecule has 1 saturated heterocycles. The van der Waals surface area contributed by atoms with Crippen molar-refractivity contribution in [2.45, 2.75) is 45.1 Å². The number of esters is 1. The topological polar surface area (TPSA) is 102 Å². The van der Waals surface area contributed by atoms with E-state index < -0.39 is 18.1 Å². The third-order valence-corrected chi connectivity index (χ3v) is 3.20. The number of carbonyl (C=O) groups is 3. The largest absolute Gasteiger partial charge is 0.452 e. The molecule has 1 aliphatic rings. The molecule has 0 unspecified atom stereocenters. The first-order valence-electron chi connectivity index (χ1n) is 7.02. The van der Waals surface area contributed by atoms with Crippen molar-refractivity contribution in [3.05, 3.63) is 0 Å². The molecule has 1 heterocycles. The molecule has 0 radical (unpaired) electrons. The van der Waals surface area contributed by atoms with Gasteiger partial charge in [-0.25, -0.2) is 4.79 Å². The lowest BCUT2D eigenvalue weighted by Gasteiger charge is -2.24. The van der Waals surface area contributed by atoms with Gasteiger partial charge in [-0.3, -0.25) is 9.59 Å². The molecule has 0 aromatic carbocycles. The van der Waals surface area contributed by atoms with E-state index in [1.165, 1.54) is 0 Å². The maximum atomic E-state index is 12.1. The molecule has 0 aromatic heterocycles. The number of likely N-dealkylation sites (tertiary alicyclic amines) is 1. The molecule has 114 valence electrons. The van der Waals surface area contributed by atoms with Crippen LogP contribution in [-0.2, 0) is 14.3 Å². The maximum absolute atomic E-state index is 12.1. The van der Waals surface area contributed by atoms with Crippen LogP contribution in [0.5, 0.6) is 0 Å². The van der Waals surface area contributed by atoms with Gasteiger partial charge in [-0.1, -0.05) is 12.8 Å². The number of hydrogen-bond donors (Lipinski definition) is 2. The fourth-order valence-corrected chi connectivity index (χ4v) is 2.14. The molecule has 1 fully saturated rings. The van der Waals surface area contributed by atoms with Crippen LogP contribution in [-0.4, -0.2) is 48.5 Å². The molecule has 20 heavy (non-hydrogen) atoms. The molecule has 0 spiro atoms. The van der Waals surface area contributed by atoms with Gasteiger partial charge in [0.25, 0.3) is 5.91 Å². The molecule has 0 aromatic rings. The Morgan fingerprint density at radius 3 is 2.35 bits per heavy atom. The number of ether oxygens (including phenoxy) is 1. The smallest absolute Gasteiger partial charge is 0.312 e. The van der Waals surface area contributed by atoms with E-state index >= 15 is 0 Å². The molecule has 3 N–H and O–H groups in total. The highest BCUT2D eigenvalue weighted by Crippen LogP contribution is 2.11. The lowest BCUT2D eigenvalue weighted by atomic mass is 10.2. The highest BCUT2D eigenvalue weighted by atomic mass is 16.5. The summed E-state index contributed by atoms with van der Waals surface area (Å²) in [5, 5.41) is 2.29. The minimum Gasteiger partial charge on any atom is -0.452 e. The van der Waals surface area contributed by atoms with Crippen LogP contribution in [0.3, 0.4) is 0 Å². The van der Waals surface area contributed by atoms with Crippen molar-refractivity contribution in [3.8, 4) is 0 Å². The zero-order chi connectivity index (χ0) is 15.0. The molecule has 1 atom stereocenters. The quantitative estimate of drug-likeness (QED) is 0.713. The van der Waals surface area contributed by atoms with Gasteiger partial charge < -0.3 is 20.7 Å². The van der Waals surface area contributed by atoms with Gasteiger partial charge in [-0.2, -0.15) is 0 Å². The first kappa shape index (κ1) is 16.3.